The Kier molecular flexibility index (Phi) is 3.94. The number of pyridine rings is 1. The van der Waals surface area contributed by atoms with Gasteiger partial charge in [0.15, 0.2) is 5.65 Å². The van der Waals surface area contributed by atoms with E-state index in [1.807, 2.05) is 12.3 Å². The molecule has 1 fully saturated rings. The van der Waals surface area contributed by atoms with E-state index in [0.29, 0.717) is 11.9 Å². The van der Waals surface area contributed by atoms with E-state index in [9.17, 15) is 0 Å². The Labute approximate surface area is 124 Å². The fraction of sp³-hybridized carbons (Fsp3) is 0.600. The summed E-state index contributed by atoms with van der Waals surface area (Å²) in [4.78, 5) is 11.8. The third-order valence-electron chi connectivity index (χ3n) is 4.27. The maximum absolute atomic E-state index is 6.12. The Bertz CT molecular complexity index is 607. The molecular weight excluding hydrogens is 272 g/mol. The summed E-state index contributed by atoms with van der Waals surface area (Å²) < 4.78 is 2.27. The first-order valence-electron chi connectivity index (χ1n) is 7.35. The molecule has 20 heavy (non-hydrogen) atoms. The molecule has 1 aliphatic heterocycles. The van der Waals surface area contributed by atoms with Crippen LogP contribution in [-0.2, 0) is 5.88 Å². The van der Waals surface area contributed by atoms with Gasteiger partial charge in [-0.2, -0.15) is 0 Å². The highest BCUT2D eigenvalue weighted by Gasteiger charge is 2.25. The molecule has 3 heterocycles. The van der Waals surface area contributed by atoms with Gasteiger partial charge in [0.05, 0.1) is 5.88 Å². The number of aromatic nitrogens is 3. The summed E-state index contributed by atoms with van der Waals surface area (Å²) in [6, 6.07) is 2.45. The average Bonchev–Trinajstić information content (AvgIpc) is 2.87. The molecule has 3 rings (SSSR count). The number of likely N-dealkylation sites (N-methyl/N-ethyl adjacent to an activating group) is 1. The van der Waals surface area contributed by atoms with Crippen molar-refractivity contribution < 1.29 is 0 Å². The quantitative estimate of drug-likeness (QED) is 0.815. The fourth-order valence-corrected chi connectivity index (χ4v) is 3.35. The van der Waals surface area contributed by atoms with Crippen LogP contribution in [0.5, 0.6) is 0 Å². The van der Waals surface area contributed by atoms with Crippen LogP contribution in [0.25, 0.3) is 11.2 Å². The SMILES string of the molecule is CCN1CCCC(n2c(CCl)nc3c(C)ccnc32)C1. The molecule has 5 heteroatoms. The highest BCUT2D eigenvalue weighted by molar-refractivity contribution is 6.16. The number of alkyl halides is 1. The van der Waals surface area contributed by atoms with Gasteiger partial charge >= 0.3 is 0 Å². The van der Waals surface area contributed by atoms with Crippen LogP contribution in [-0.4, -0.2) is 39.1 Å². The minimum atomic E-state index is 0.441. The van der Waals surface area contributed by atoms with Crippen molar-refractivity contribution in [1.82, 2.24) is 19.4 Å². The zero-order valence-electron chi connectivity index (χ0n) is 12.1. The zero-order chi connectivity index (χ0) is 14.1. The van der Waals surface area contributed by atoms with E-state index in [4.69, 9.17) is 16.6 Å². The lowest BCUT2D eigenvalue weighted by Gasteiger charge is -2.33. The topological polar surface area (TPSA) is 34.0 Å². The molecule has 4 nitrogen and oxygen atoms in total. The summed E-state index contributed by atoms with van der Waals surface area (Å²) in [6.45, 7) is 7.67. The van der Waals surface area contributed by atoms with Crippen molar-refractivity contribution in [2.24, 2.45) is 0 Å². The monoisotopic (exact) mass is 292 g/mol. The van der Waals surface area contributed by atoms with Gasteiger partial charge in [0, 0.05) is 18.8 Å². The molecule has 0 N–H and O–H groups in total. The van der Waals surface area contributed by atoms with Crippen molar-refractivity contribution in [3.63, 3.8) is 0 Å². The number of halogens is 1. The molecular formula is C15H21ClN4. The number of hydrogen-bond acceptors (Lipinski definition) is 3. The van der Waals surface area contributed by atoms with Gasteiger partial charge in [-0.3, -0.25) is 0 Å². The summed E-state index contributed by atoms with van der Waals surface area (Å²) in [5, 5.41) is 0. The Hall–Kier alpha value is -1.13. The average molecular weight is 293 g/mol. The number of imidazole rings is 1. The van der Waals surface area contributed by atoms with Crippen molar-refractivity contribution in [3.05, 3.63) is 23.7 Å². The molecule has 0 spiro atoms. The predicted octanol–water partition coefficient (Wildman–Crippen LogP) is 3.14. The first-order valence-corrected chi connectivity index (χ1v) is 7.88. The third kappa shape index (κ3) is 2.31. The van der Waals surface area contributed by atoms with E-state index in [2.05, 4.69) is 28.3 Å². The zero-order valence-corrected chi connectivity index (χ0v) is 12.9. The van der Waals surface area contributed by atoms with E-state index < -0.39 is 0 Å². The number of piperidine rings is 1. The normalized spacial score (nSPS) is 20.6. The summed E-state index contributed by atoms with van der Waals surface area (Å²) >= 11 is 6.12. The van der Waals surface area contributed by atoms with E-state index in [1.54, 1.807) is 0 Å². The second kappa shape index (κ2) is 5.70. The molecule has 0 aliphatic carbocycles. The largest absolute Gasteiger partial charge is 0.307 e. The summed E-state index contributed by atoms with van der Waals surface area (Å²) in [7, 11) is 0. The Balaban J connectivity index is 2.07. The van der Waals surface area contributed by atoms with Gasteiger partial charge in [-0.05, 0) is 44.5 Å². The molecule has 0 radical (unpaired) electrons. The van der Waals surface area contributed by atoms with Crippen molar-refractivity contribution in [2.75, 3.05) is 19.6 Å². The van der Waals surface area contributed by atoms with Gasteiger partial charge in [0.2, 0.25) is 0 Å². The minimum Gasteiger partial charge on any atom is -0.307 e. The summed E-state index contributed by atoms with van der Waals surface area (Å²) in [6.07, 6.45) is 4.28. The van der Waals surface area contributed by atoms with Gasteiger partial charge in [-0.15, -0.1) is 11.6 Å². The number of nitrogens with zero attached hydrogens (tertiary/aromatic N) is 4. The van der Waals surface area contributed by atoms with Crippen LogP contribution in [0.4, 0.5) is 0 Å². The molecule has 2 aromatic heterocycles. The van der Waals surface area contributed by atoms with Gasteiger partial charge in [0.25, 0.3) is 0 Å². The van der Waals surface area contributed by atoms with Crippen LogP contribution < -0.4 is 0 Å². The first kappa shape index (κ1) is 13.8. The van der Waals surface area contributed by atoms with Crippen LogP contribution in [0.1, 0.15) is 37.2 Å². The second-order valence-corrected chi connectivity index (χ2v) is 5.79. The number of likely N-dealkylation sites (tertiary alicyclic amines) is 1. The van der Waals surface area contributed by atoms with Crippen LogP contribution in [0, 0.1) is 6.92 Å². The fourth-order valence-electron chi connectivity index (χ4n) is 3.16. The van der Waals surface area contributed by atoms with E-state index >= 15 is 0 Å². The molecule has 1 unspecified atom stereocenters. The van der Waals surface area contributed by atoms with E-state index in [0.717, 1.165) is 30.1 Å². The van der Waals surface area contributed by atoms with E-state index in [1.165, 1.54) is 24.9 Å². The predicted molar refractivity (Wildman–Crippen MR) is 82.2 cm³/mol. The lowest BCUT2D eigenvalue weighted by Crippen LogP contribution is -2.36. The van der Waals surface area contributed by atoms with Crippen molar-refractivity contribution in [3.8, 4) is 0 Å². The lowest BCUT2D eigenvalue weighted by molar-refractivity contribution is 0.185. The van der Waals surface area contributed by atoms with Crippen LogP contribution in [0.15, 0.2) is 12.3 Å². The van der Waals surface area contributed by atoms with Gasteiger partial charge in [0.1, 0.15) is 11.3 Å². The highest BCUT2D eigenvalue weighted by Crippen LogP contribution is 2.28. The Morgan fingerprint density at radius 3 is 3.05 bits per heavy atom. The van der Waals surface area contributed by atoms with Gasteiger partial charge in [-0.25, -0.2) is 9.97 Å². The summed E-state index contributed by atoms with van der Waals surface area (Å²) in [5.41, 5.74) is 3.16. The number of aryl methyl sites for hydroxylation is 1. The maximum Gasteiger partial charge on any atom is 0.160 e. The molecule has 1 atom stereocenters. The number of rotatable bonds is 3. The van der Waals surface area contributed by atoms with E-state index in [-0.39, 0.29) is 0 Å². The van der Waals surface area contributed by atoms with Gasteiger partial charge < -0.3 is 9.47 Å². The highest BCUT2D eigenvalue weighted by atomic mass is 35.5. The molecule has 0 aromatic carbocycles. The second-order valence-electron chi connectivity index (χ2n) is 5.52. The molecule has 0 bridgehead atoms. The first-order chi connectivity index (χ1) is 9.74. The van der Waals surface area contributed by atoms with Crippen molar-refractivity contribution in [1.29, 1.82) is 0 Å². The van der Waals surface area contributed by atoms with Crippen molar-refractivity contribution >= 4 is 22.8 Å². The molecule has 1 aliphatic rings. The number of fused-ring (bicyclic) bond motifs is 1. The van der Waals surface area contributed by atoms with Crippen LogP contribution >= 0.6 is 11.6 Å². The Morgan fingerprint density at radius 2 is 2.30 bits per heavy atom. The molecule has 2 aromatic rings. The maximum atomic E-state index is 6.12. The molecule has 0 saturated carbocycles. The molecule has 1 saturated heterocycles. The van der Waals surface area contributed by atoms with Crippen LogP contribution in [0.2, 0.25) is 0 Å². The Morgan fingerprint density at radius 1 is 1.45 bits per heavy atom. The van der Waals surface area contributed by atoms with Crippen LogP contribution in [0.3, 0.4) is 0 Å². The standard InChI is InChI=1S/C15H21ClN4/c1-3-19-8-4-5-12(10-19)20-13(9-16)18-14-11(2)6-7-17-15(14)20/h6-7,12H,3-5,8-10H2,1-2H3. The third-order valence-corrected chi connectivity index (χ3v) is 4.51. The minimum absolute atomic E-state index is 0.441. The van der Waals surface area contributed by atoms with Gasteiger partial charge in [-0.1, -0.05) is 6.92 Å². The summed E-state index contributed by atoms with van der Waals surface area (Å²) in [5.74, 6) is 1.39. The number of hydrogen-bond donors (Lipinski definition) is 0. The molecule has 0 amide bonds. The van der Waals surface area contributed by atoms with Crippen molar-refractivity contribution in [2.45, 2.75) is 38.6 Å². The smallest absolute Gasteiger partial charge is 0.160 e. The lowest BCUT2D eigenvalue weighted by atomic mass is 10.1. The molecule has 108 valence electrons.